The Morgan fingerprint density at radius 1 is 1.00 bits per heavy atom. The molecule has 5 rings (SSSR count). The molecule has 2 aliphatic rings. The molecule has 0 amide bonds. The summed E-state index contributed by atoms with van der Waals surface area (Å²) < 4.78 is 40.5. The molecule has 0 spiro atoms. The van der Waals surface area contributed by atoms with Gasteiger partial charge in [-0.3, -0.25) is 4.90 Å². The predicted octanol–water partition coefficient (Wildman–Crippen LogP) is 3.45. The van der Waals surface area contributed by atoms with Gasteiger partial charge in [0.15, 0.2) is 17.4 Å². The molecule has 1 aliphatic heterocycles. The molecule has 1 saturated heterocycles. The Morgan fingerprint density at radius 2 is 1.64 bits per heavy atom. The van der Waals surface area contributed by atoms with Crippen molar-refractivity contribution in [2.24, 2.45) is 5.92 Å². The third kappa shape index (κ3) is 4.95. The molecule has 1 saturated carbocycles. The van der Waals surface area contributed by atoms with Gasteiger partial charge in [0.05, 0.1) is 6.10 Å². The van der Waals surface area contributed by atoms with Crippen LogP contribution in [0.1, 0.15) is 23.7 Å². The van der Waals surface area contributed by atoms with E-state index >= 15 is 0 Å². The van der Waals surface area contributed by atoms with Crippen LogP contribution >= 0.6 is 0 Å². The summed E-state index contributed by atoms with van der Waals surface area (Å²) in [7, 11) is 0. The molecule has 190 valence electrons. The first kappa shape index (κ1) is 24.6. The van der Waals surface area contributed by atoms with Gasteiger partial charge in [0, 0.05) is 25.6 Å². The average Bonchev–Trinajstić information content (AvgIpc) is 3.29. The maximum Gasteiger partial charge on any atom is 0.191 e. The standard InChI is InChI=1S/C28H29F2NO5/c29-22-11-19(12-23(30)26(22)35-16-18-7-3-1-4-8-18)24(32)15-31-14-20-13-25(27(33)28(20,34)17-31)36-21-9-5-2-6-10-21/h1-12,20,24-25,27,32-34H,13-17H2/t20-,24+,25+,27+,28-/m0/s1. The Labute approximate surface area is 208 Å². The van der Waals surface area contributed by atoms with Crippen molar-refractivity contribution in [2.75, 3.05) is 19.6 Å². The molecule has 1 aliphatic carbocycles. The number of hydrogen-bond acceptors (Lipinski definition) is 6. The zero-order chi connectivity index (χ0) is 25.3. The Balaban J connectivity index is 1.20. The first-order chi connectivity index (χ1) is 17.3. The molecular formula is C28H29F2NO5. The van der Waals surface area contributed by atoms with E-state index < -0.39 is 41.3 Å². The molecule has 3 aromatic rings. The van der Waals surface area contributed by atoms with Crippen molar-refractivity contribution in [1.82, 2.24) is 4.90 Å². The average molecular weight is 498 g/mol. The number of β-amino-alcohol motifs (C(OH)–C–C–N with tert-alkyl or cyclic N) is 2. The minimum absolute atomic E-state index is 0.0155. The highest BCUT2D eigenvalue weighted by Gasteiger charge is 2.59. The second-order valence-electron chi connectivity index (χ2n) is 9.64. The minimum atomic E-state index is -1.38. The van der Waals surface area contributed by atoms with Crippen LogP contribution in [-0.4, -0.2) is 57.7 Å². The van der Waals surface area contributed by atoms with E-state index in [9.17, 15) is 24.1 Å². The van der Waals surface area contributed by atoms with E-state index in [-0.39, 0.29) is 31.2 Å². The first-order valence-corrected chi connectivity index (χ1v) is 12.0. The van der Waals surface area contributed by atoms with Crippen LogP contribution in [0.25, 0.3) is 0 Å². The van der Waals surface area contributed by atoms with Crippen LogP contribution in [0.2, 0.25) is 0 Å². The number of likely N-dealkylation sites (tertiary alicyclic amines) is 1. The van der Waals surface area contributed by atoms with Crippen LogP contribution in [-0.2, 0) is 6.61 Å². The summed E-state index contributed by atoms with van der Waals surface area (Å²) in [5.41, 5.74) is -0.534. The number of para-hydroxylation sites is 1. The van der Waals surface area contributed by atoms with Gasteiger partial charge in [0.1, 0.15) is 30.2 Å². The number of halogens is 2. The molecule has 0 unspecified atom stereocenters. The molecule has 36 heavy (non-hydrogen) atoms. The molecule has 1 heterocycles. The lowest BCUT2D eigenvalue weighted by molar-refractivity contribution is -0.0875. The normalized spacial score (nSPS) is 26.5. The van der Waals surface area contributed by atoms with Gasteiger partial charge < -0.3 is 24.8 Å². The Bertz CT molecular complexity index is 1160. The van der Waals surface area contributed by atoms with E-state index in [0.29, 0.717) is 18.7 Å². The van der Waals surface area contributed by atoms with Crippen molar-refractivity contribution in [2.45, 2.75) is 36.9 Å². The van der Waals surface area contributed by atoms with Gasteiger partial charge in [-0.15, -0.1) is 0 Å². The van der Waals surface area contributed by atoms with Crippen LogP contribution in [0.3, 0.4) is 0 Å². The second kappa shape index (κ2) is 10.1. The Kier molecular flexibility index (Phi) is 6.94. The molecule has 3 N–H and O–H groups in total. The van der Waals surface area contributed by atoms with E-state index in [4.69, 9.17) is 9.47 Å². The molecule has 0 aromatic heterocycles. The third-order valence-corrected chi connectivity index (χ3v) is 7.14. The van der Waals surface area contributed by atoms with Gasteiger partial charge >= 0.3 is 0 Å². The maximum atomic E-state index is 14.6. The molecular weight excluding hydrogens is 468 g/mol. The summed E-state index contributed by atoms with van der Waals surface area (Å²) in [6.07, 6.45) is -2.37. The fourth-order valence-electron chi connectivity index (χ4n) is 5.28. The van der Waals surface area contributed by atoms with E-state index in [2.05, 4.69) is 0 Å². The fourth-order valence-corrected chi connectivity index (χ4v) is 5.28. The van der Waals surface area contributed by atoms with E-state index in [0.717, 1.165) is 17.7 Å². The van der Waals surface area contributed by atoms with Gasteiger partial charge in [-0.2, -0.15) is 0 Å². The highest BCUT2D eigenvalue weighted by molar-refractivity contribution is 5.33. The van der Waals surface area contributed by atoms with Crippen molar-refractivity contribution in [3.63, 3.8) is 0 Å². The number of aliphatic hydroxyl groups is 3. The summed E-state index contributed by atoms with van der Waals surface area (Å²) in [5, 5.41) is 32.7. The van der Waals surface area contributed by atoms with Crippen LogP contribution in [0.5, 0.6) is 11.5 Å². The lowest BCUT2D eigenvalue weighted by atomic mass is 9.93. The second-order valence-corrected chi connectivity index (χ2v) is 9.64. The number of benzene rings is 3. The number of rotatable bonds is 8. The largest absolute Gasteiger partial charge is 0.488 e. The van der Waals surface area contributed by atoms with Crippen molar-refractivity contribution >= 4 is 0 Å². The quantitative estimate of drug-likeness (QED) is 0.442. The molecule has 0 radical (unpaired) electrons. The summed E-state index contributed by atoms with van der Waals surface area (Å²) in [4.78, 5) is 1.80. The van der Waals surface area contributed by atoms with Gasteiger partial charge in [-0.25, -0.2) is 8.78 Å². The SMILES string of the molecule is O[C@H](CN1C[C@@H]2C[C@@H](Oc3ccccc3)[C@@H](O)[C@]2(O)C1)c1cc(F)c(OCc2ccccc2)c(F)c1. The highest BCUT2D eigenvalue weighted by atomic mass is 19.1. The molecule has 3 aromatic carbocycles. The fraction of sp³-hybridized carbons (Fsp3) is 0.357. The van der Waals surface area contributed by atoms with Crippen LogP contribution in [0.4, 0.5) is 8.78 Å². The number of nitrogens with zero attached hydrogens (tertiary/aromatic N) is 1. The molecule has 6 nitrogen and oxygen atoms in total. The highest BCUT2D eigenvalue weighted by Crippen LogP contribution is 2.44. The number of ether oxygens (including phenoxy) is 2. The smallest absolute Gasteiger partial charge is 0.191 e. The van der Waals surface area contributed by atoms with Gasteiger partial charge in [0.25, 0.3) is 0 Å². The van der Waals surface area contributed by atoms with Crippen LogP contribution in [0, 0.1) is 17.6 Å². The number of fused-ring (bicyclic) bond motifs is 1. The molecule has 2 fully saturated rings. The monoisotopic (exact) mass is 497 g/mol. The van der Waals surface area contributed by atoms with Crippen molar-refractivity contribution in [1.29, 1.82) is 0 Å². The predicted molar refractivity (Wildman–Crippen MR) is 128 cm³/mol. The van der Waals surface area contributed by atoms with E-state index in [1.54, 1.807) is 29.2 Å². The van der Waals surface area contributed by atoms with Gasteiger partial charge in [0.2, 0.25) is 0 Å². The van der Waals surface area contributed by atoms with Crippen LogP contribution in [0.15, 0.2) is 72.8 Å². The van der Waals surface area contributed by atoms with Gasteiger partial charge in [-0.05, 0) is 41.8 Å². The third-order valence-electron chi connectivity index (χ3n) is 7.14. The van der Waals surface area contributed by atoms with Crippen molar-refractivity contribution in [3.8, 4) is 11.5 Å². The maximum absolute atomic E-state index is 14.6. The lowest BCUT2D eigenvalue weighted by Crippen LogP contribution is -2.49. The minimum Gasteiger partial charge on any atom is -0.488 e. The lowest BCUT2D eigenvalue weighted by Gasteiger charge is -2.29. The Hall–Kier alpha value is -3.04. The molecule has 8 heteroatoms. The van der Waals surface area contributed by atoms with E-state index in [1.165, 1.54) is 0 Å². The molecule has 0 bridgehead atoms. The van der Waals surface area contributed by atoms with E-state index in [1.807, 2.05) is 36.4 Å². The van der Waals surface area contributed by atoms with Crippen LogP contribution < -0.4 is 9.47 Å². The summed E-state index contributed by atoms with van der Waals surface area (Å²) in [5.74, 6) is -1.91. The van der Waals surface area contributed by atoms with Crippen molar-refractivity contribution in [3.05, 3.63) is 95.6 Å². The number of hydrogen-bond donors (Lipinski definition) is 3. The first-order valence-electron chi connectivity index (χ1n) is 12.0. The Morgan fingerprint density at radius 3 is 2.28 bits per heavy atom. The zero-order valence-electron chi connectivity index (χ0n) is 19.6. The summed E-state index contributed by atoms with van der Waals surface area (Å²) >= 11 is 0. The molecule has 5 atom stereocenters. The summed E-state index contributed by atoms with van der Waals surface area (Å²) in [6.45, 7) is 0.608. The zero-order valence-corrected chi connectivity index (χ0v) is 19.6. The van der Waals surface area contributed by atoms with Crippen molar-refractivity contribution < 1.29 is 33.6 Å². The number of aliphatic hydroxyl groups excluding tert-OH is 2. The topological polar surface area (TPSA) is 82.4 Å². The summed E-state index contributed by atoms with van der Waals surface area (Å²) in [6, 6.07) is 20.3. The van der Waals surface area contributed by atoms with Gasteiger partial charge in [-0.1, -0.05) is 48.5 Å².